The van der Waals surface area contributed by atoms with Crippen molar-refractivity contribution in [3.63, 3.8) is 0 Å². The van der Waals surface area contributed by atoms with Crippen LogP contribution in [0.1, 0.15) is 41.6 Å². The van der Waals surface area contributed by atoms with Crippen LogP contribution in [0.2, 0.25) is 0 Å². The maximum absolute atomic E-state index is 12.5. The van der Waals surface area contributed by atoms with Crippen molar-refractivity contribution in [2.24, 2.45) is 5.92 Å². The molecule has 3 aromatic rings. The minimum atomic E-state index is -0.0141. The molecule has 32 heavy (non-hydrogen) atoms. The summed E-state index contributed by atoms with van der Waals surface area (Å²) in [6.07, 6.45) is 11.5. The summed E-state index contributed by atoms with van der Waals surface area (Å²) in [5.74, 6) is 1.25. The van der Waals surface area contributed by atoms with Gasteiger partial charge in [0, 0.05) is 42.6 Å². The first-order chi connectivity index (χ1) is 15.7. The van der Waals surface area contributed by atoms with Crippen LogP contribution in [-0.2, 0) is 4.74 Å². The summed E-state index contributed by atoms with van der Waals surface area (Å²) in [5, 5.41) is 7.58. The molecule has 0 radical (unpaired) electrons. The van der Waals surface area contributed by atoms with Crippen LogP contribution in [0.5, 0.6) is 5.75 Å². The van der Waals surface area contributed by atoms with Crippen molar-refractivity contribution in [2.75, 3.05) is 19.8 Å². The zero-order valence-corrected chi connectivity index (χ0v) is 18.3. The fourth-order valence-electron chi connectivity index (χ4n) is 3.91. The Morgan fingerprint density at radius 1 is 1.16 bits per heavy atom. The van der Waals surface area contributed by atoms with E-state index in [-0.39, 0.29) is 5.91 Å². The molecule has 2 aliphatic rings. The normalized spacial score (nSPS) is 16.7. The van der Waals surface area contributed by atoms with Crippen LogP contribution in [0.4, 0.5) is 0 Å². The van der Waals surface area contributed by atoms with Crippen molar-refractivity contribution in [3.05, 3.63) is 60.2 Å². The fraction of sp³-hybridized carbons (Fsp3) is 0.400. The summed E-state index contributed by atoms with van der Waals surface area (Å²) in [7, 11) is 0. The first-order valence-electron chi connectivity index (χ1n) is 11.3. The summed E-state index contributed by atoms with van der Waals surface area (Å²) in [4.78, 5) is 16.8. The lowest BCUT2D eigenvalue weighted by Crippen LogP contribution is -2.25. The van der Waals surface area contributed by atoms with Crippen LogP contribution in [-0.4, -0.2) is 46.5 Å². The molecule has 0 atom stereocenters. The highest BCUT2D eigenvalue weighted by atomic mass is 16.5. The molecule has 1 aromatic carbocycles. The monoisotopic (exact) mass is 432 g/mol. The highest BCUT2D eigenvalue weighted by Crippen LogP contribution is 2.27. The number of ether oxygens (including phenoxy) is 2. The van der Waals surface area contributed by atoms with E-state index >= 15 is 0 Å². The summed E-state index contributed by atoms with van der Waals surface area (Å²) < 4.78 is 13.2. The number of amides is 1. The van der Waals surface area contributed by atoms with E-state index < -0.39 is 0 Å². The lowest BCUT2D eigenvalue weighted by Gasteiger charge is -2.22. The van der Waals surface area contributed by atoms with Crippen LogP contribution in [0, 0.1) is 12.8 Å². The third kappa shape index (κ3) is 4.83. The zero-order valence-electron chi connectivity index (χ0n) is 18.3. The number of hydrogen-bond acceptors (Lipinski definition) is 5. The van der Waals surface area contributed by atoms with Gasteiger partial charge in [-0.05, 0) is 61.8 Å². The van der Waals surface area contributed by atoms with Crippen LogP contribution in [0.25, 0.3) is 16.8 Å². The second-order valence-electron chi connectivity index (χ2n) is 8.70. The maximum atomic E-state index is 12.5. The number of carbonyl (C=O) groups is 1. The minimum Gasteiger partial charge on any atom is -0.492 e. The number of aryl methyl sites for hydroxylation is 1. The third-order valence-corrected chi connectivity index (χ3v) is 6.10. The van der Waals surface area contributed by atoms with Gasteiger partial charge in [0.25, 0.3) is 5.91 Å². The van der Waals surface area contributed by atoms with Crippen molar-refractivity contribution in [1.82, 2.24) is 20.1 Å². The van der Waals surface area contributed by atoms with E-state index in [9.17, 15) is 4.79 Å². The van der Waals surface area contributed by atoms with Gasteiger partial charge in [-0.2, -0.15) is 5.10 Å². The first-order valence-corrected chi connectivity index (χ1v) is 11.3. The molecule has 1 saturated heterocycles. The molecule has 1 amide bonds. The van der Waals surface area contributed by atoms with Gasteiger partial charge in [0.05, 0.1) is 30.9 Å². The van der Waals surface area contributed by atoms with Gasteiger partial charge in [0.2, 0.25) is 0 Å². The summed E-state index contributed by atoms with van der Waals surface area (Å²) in [6, 6.07) is 8.10. The second kappa shape index (κ2) is 9.12. The maximum Gasteiger partial charge on any atom is 0.251 e. The largest absolute Gasteiger partial charge is 0.492 e. The number of nitrogens with one attached hydrogen (secondary N) is 1. The van der Waals surface area contributed by atoms with Gasteiger partial charge in [-0.15, -0.1) is 0 Å². The van der Waals surface area contributed by atoms with Crippen LogP contribution >= 0.6 is 0 Å². The summed E-state index contributed by atoms with van der Waals surface area (Å²) >= 11 is 0. The fourth-order valence-corrected chi connectivity index (χ4v) is 3.91. The Labute approximate surface area is 187 Å². The van der Waals surface area contributed by atoms with Gasteiger partial charge in [0.15, 0.2) is 0 Å². The van der Waals surface area contributed by atoms with E-state index in [1.165, 1.54) is 0 Å². The average Bonchev–Trinajstić information content (AvgIpc) is 3.50. The predicted molar refractivity (Wildman–Crippen MR) is 121 cm³/mol. The molecule has 166 valence electrons. The van der Waals surface area contributed by atoms with Gasteiger partial charge in [-0.1, -0.05) is 6.07 Å². The van der Waals surface area contributed by atoms with Crippen molar-refractivity contribution in [3.8, 4) is 22.6 Å². The molecule has 7 heteroatoms. The molecule has 1 aliphatic heterocycles. The second-order valence-corrected chi connectivity index (χ2v) is 8.70. The summed E-state index contributed by atoms with van der Waals surface area (Å²) in [6.45, 7) is 4.34. The Hall–Kier alpha value is -3.19. The number of rotatable bonds is 7. The van der Waals surface area contributed by atoms with E-state index in [4.69, 9.17) is 9.47 Å². The zero-order chi connectivity index (χ0) is 21.9. The standard InChI is InChI=1S/C25H28N4O3/c1-17-2-3-19(25(30)28-21-4-5-21)10-24(17)20-12-27-29(15-20)22-11-23(14-26-13-22)32-16-18-6-8-31-9-7-18/h2-3,10-15,18,21H,4-9,16H2,1H3,(H,28,30). The lowest BCUT2D eigenvalue weighted by atomic mass is 10.0. The number of hydrogen-bond donors (Lipinski definition) is 1. The molecular weight excluding hydrogens is 404 g/mol. The highest BCUT2D eigenvalue weighted by Gasteiger charge is 2.24. The Morgan fingerprint density at radius 3 is 2.81 bits per heavy atom. The van der Waals surface area contributed by atoms with Crippen molar-refractivity contribution >= 4 is 5.91 Å². The molecule has 1 aliphatic carbocycles. The molecule has 7 nitrogen and oxygen atoms in total. The smallest absolute Gasteiger partial charge is 0.251 e. The SMILES string of the molecule is Cc1ccc(C(=O)NC2CC2)cc1-c1cnn(-c2cncc(OCC3CCOCC3)c2)c1. The molecule has 1 saturated carbocycles. The number of benzene rings is 1. The van der Waals surface area contributed by atoms with E-state index in [0.717, 1.165) is 67.0 Å². The van der Waals surface area contributed by atoms with Crippen molar-refractivity contribution < 1.29 is 14.3 Å². The molecule has 0 bridgehead atoms. The Kier molecular flexibility index (Phi) is 5.90. The van der Waals surface area contributed by atoms with Crippen molar-refractivity contribution in [2.45, 2.75) is 38.6 Å². The summed E-state index contributed by atoms with van der Waals surface area (Å²) in [5.41, 5.74) is 4.56. The van der Waals surface area contributed by atoms with Crippen LogP contribution in [0.15, 0.2) is 49.1 Å². The van der Waals surface area contributed by atoms with E-state index in [0.29, 0.717) is 24.1 Å². The van der Waals surface area contributed by atoms with Crippen molar-refractivity contribution in [1.29, 1.82) is 0 Å². The Bertz CT molecular complexity index is 1100. The number of carbonyl (C=O) groups excluding carboxylic acids is 1. The minimum absolute atomic E-state index is 0.0141. The predicted octanol–water partition coefficient (Wildman–Crippen LogP) is 3.94. The topological polar surface area (TPSA) is 78.3 Å². The van der Waals surface area contributed by atoms with Crippen LogP contribution in [0.3, 0.4) is 0 Å². The van der Waals surface area contributed by atoms with Gasteiger partial charge in [0.1, 0.15) is 5.75 Å². The molecule has 2 fully saturated rings. The van der Waals surface area contributed by atoms with E-state index in [1.54, 1.807) is 17.1 Å². The molecular formula is C25H28N4O3. The Morgan fingerprint density at radius 2 is 2.00 bits per heavy atom. The lowest BCUT2D eigenvalue weighted by molar-refractivity contribution is 0.0497. The molecule has 2 aromatic heterocycles. The molecule has 5 rings (SSSR count). The molecule has 1 N–H and O–H groups in total. The van der Waals surface area contributed by atoms with E-state index in [2.05, 4.69) is 15.4 Å². The van der Waals surface area contributed by atoms with Gasteiger partial charge in [-0.3, -0.25) is 9.78 Å². The number of pyridine rings is 1. The molecule has 0 spiro atoms. The molecule has 3 heterocycles. The quantitative estimate of drug-likeness (QED) is 0.612. The molecule has 0 unspecified atom stereocenters. The number of nitrogens with zero attached hydrogens (tertiary/aromatic N) is 3. The van der Waals surface area contributed by atoms with Gasteiger partial charge < -0.3 is 14.8 Å². The van der Waals surface area contributed by atoms with E-state index in [1.807, 2.05) is 43.6 Å². The third-order valence-electron chi connectivity index (χ3n) is 6.10. The van der Waals surface area contributed by atoms with Gasteiger partial charge >= 0.3 is 0 Å². The van der Waals surface area contributed by atoms with Gasteiger partial charge in [-0.25, -0.2) is 4.68 Å². The first kappa shape index (κ1) is 20.7. The average molecular weight is 433 g/mol. The Balaban J connectivity index is 1.32. The number of aromatic nitrogens is 3. The highest BCUT2D eigenvalue weighted by molar-refractivity contribution is 5.96. The van der Waals surface area contributed by atoms with Crippen LogP contribution < -0.4 is 10.1 Å².